The number of aryl methyl sites for hydroxylation is 1. The van der Waals surface area contributed by atoms with Crippen LogP contribution in [0.25, 0.3) is 0 Å². The van der Waals surface area contributed by atoms with E-state index in [4.69, 9.17) is 9.47 Å². The molecule has 202 valence electrons. The van der Waals surface area contributed by atoms with Crippen molar-refractivity contribution in [1.29, 1.82) is 0 Å². The van der Waals surface area contributed by atoms with E-state index in [1.807, 2.05) is 55.5 Å². The predicted molar refractivity (Wildman–Crippen MR) is 146 cm³/mol. The highest BCUT2D eigenvalue weighted by Crippen LogP contribution is 2.39. The minimum Gasteiger partial charge on any atom is -0.497 e. The number of nitrogens with one attached hydrogen (secondary N) is 1. The number of amides is 3. The molecule has 3 amide bonds. The van der Waals surface area contributed by atoms with Gasteiger partial charge in [0.2, 0.25) is 5.91 Å². The first-order valence-electron chi connectivity index (χ1n) is 13.2. The SMILES string of the molecule is COc1ccc(C(=O)N2CCC3(CC2)OC[C@H](C(=O)NCc2ccccc2)N3C(=O)c2cccc(C)c2)cc1. The molecule has 2 aliphatic heterocycles. The van der Waals surface area contributed by atoms with Gasteiger partial charge >= 0.3 is 0 Å². The Morgan fingerprint density at radius 2 is 1.64 bits per heavy atom. The quantitative estimate of drug-likeness (QED) is 0.527. The molecule has 2 fully saturated rings. The lowest BCUT2D eigenvalue weighted by Crippen LogP contribution is -2.59. The van der Waals surface area contributed by atoms with E-state index in [0.717, 1.165) is 11.1 Å². The highest BCUT2D eigenvalue weighted by molar-refractivity contribution is 5.99. The Labute approximate surface area is 228 Å². The number of piperidine rings is 1. The number of ether oxygens (including phenoxy) is 2. The summed E-state index contributed by atoms with van der Waals surface area (Å²) >= 11 is 0. The lowest BCUT2D eigenvalue weighted by Gasteiger charge is -2.44. The smallest absolute Gasteiger partial charge is 0.256 e. The van der Waals surface area contributed by atoms with Gasteiger partial charge in [-0.1, -0.05) is 48.0 Å². The van der Waals surface area contributed by atoms with Gasteiger partial charge in [-0.05, 0) is 48.9 Å². The largest absolute Gasteiger partial charge is 0.497 e. The number of hydrogen-bond donors (Lipinski definition) is 1. The first kappa shape index (κ1) is 26.4. The van der Waals surface area contributed by atoms with Gasteiger partial charge in [0, 0.05) is 43.6 Å². The van der Waals surface area contributed by atoms with Crippen LogP contribution in [0.15, 0.2) is 78.9 Å². The summed E-state index contributed by atoms with van der Waals surface area (Å²) in [5.74, 6) is 0.101. The van der Waals surface area contributed by atoms with Gasteiger partial charge in [-0.2, -0.15) is 0 Å². The fourth-order valence-electron chi connectivity index (χ4n) is 5.36. The number of benzene rings is 3. The van der Waals surface area contributed by atoms with Crippen LogP contribution in [0.5, 0.6) is 5.75 Å². The number of rotatable bonds is 6. The van der Waals surface area contributed by atoms with Gasteiger partial charge in [0.15, 0.2) is 0 Å². The zero-order valence-electron chi connectivity index (χ0n) is 22.3. The average molecular weight is 528 g/mol. The molecule has 0 saturated carbocycles. The maximum Gasteiger partial charge on any atom is 0.256 e. The maximum atomic E-state index is 13.9. The molecular weight excluding hydrogens is 494 g/mol. The highest BCUT2D eigenvalue weighted by Gasteiger charge is 2.54. The summed E-state index contributed by atoms with van der Waals surface area (Å²) in [5.41, 5.74) is 2.05. The molecule has 39 heavy (non-hydrogen) atoms. The first-order chi connectivity index (χ1) is 18.9. The molecule has 0 radical (unpaired) electrons. The van der Waals surface area contributed by atoms with Gasteiger partial charge < -0.3 is 19.7 Å². The number of likely N-dealkylation sites (tertiary alicyclic amines) is 1. The zero-order valence-corrected chi connectivity index (χ0v) is 22.3. The third-order valence-corrected chi connectivity index (χ3v) is 7.53. The molecule has 0 bridgehead atoms. The number of carbonyl (C=O) groups excluding carboxylic acids is 3. The average Bonchev–Trinajstić information content (AvgIpc) is 3.34. The number of hydrogen-bond acceptors (Lipinski definition) is 5. The zero-order chi connectivity index (χ0) is 27.4. The Bertz CT molecular complexity index is 1330. The summed E-state index contributed by atoms with van der Waals surface area (Å²) in [4.78, 5) is 43.9. The fourth-order valence-corrected chi connectivity index (χ4v) is 5.36. The summed E-state index contributed by atoms with van der Waals surface area (Å²) in [5, 5.41) is 2.98. The van der Waals surface area contributed by atoms with E-state index in [0.29, 0.717) is 49.4 Å². The van der Waals surface area contributed by atoms with Crippen LogP contribution in [0.1, 0.15) is 44.7 Å². The fraction of sp³-hybridized carbons (Fsp3) is 0.323. The lowest BCUT2D eigenvalue weighted by molar-refractivity contribution is -0.128. The second-order valence-corrected chi connectivity index (χ2v) is 10.0. The van der Waals surface area contributed by atoms with Crippen LogP contribution < -0.4 is 10.1 Å². The normalized spacial score (nSPS) is 18.2. The third kappa shape index (κ3) is 5.52. The molecule has 1 N–H and O–H groups in total. The van der Waals surface area contributed by atoms with E-state index in [9.17, 15) is 14.4 Å². The summed E-state index contributed by atoms with van der Waals surface area (Å²) in [6, 6.07) is 23.3. The van der Waals surface area contributed by atoms with E-state index in [-0.39, 0.29) is 24.3 Å². The van der Waals surface area contributed by atoms with Crippen molar-refractivity contribution in [2.24, 2.45) is 0 Å². The Morgan fingerprint density at radius 3 is 2.31 bits per heavy atom. The van der Waals surface area contributed by atoms with Gasteiger partial charge in [0.1, 0.15) is 17.5 Å². The molecular formula is C31H33N3O5. The van der Waals surface area contributed by atoms with Crippen LogP contribution in [-0.4, -0.2) is 66.1 Å². The van der Waals surface area contributed by atoms with Crippen molar-refractivity contribution in [2.45, 2.75) is 38.1 Å². The minimum absolute atomic E-state index is 0.0841. The van der Waals surface area contributed by atoms with E-state index in [1.54, 1.807) is 47.2 Å². The molecule has 2 saturated heterocycles. The van der Waals surface area contributed by atoms with E-state index >= 15 is 0 Å². The topological polar surface area (TPSA) is 88.2 Å². The van der Waals surface area contributed by atoms with Gasteiger partial charge in [0.25, 0.3) is 11.8 Å². The molecule has 1 spiro atoms. The van der Waals surface area contributed by atoms with Gasteiger partial charge in [-0.3, -0.25) is 19.3 Å². The van der Waals surface area contributed by atoms with Crippen LogP contribution in [0, 0.1) is 6.92 Å². The molecule has 5 rings (SSSR count). The standard InChI is InChI=1S/C31H33N3O5/c1-22-7-6-10-25(19-22)30(37)34-27(28(35)32-20-23-8-4-3-5-9-23)21-39-31(34)15-17-33(18-16-31)29(36)24-11-13-26(38-2)14-12-24/h3-14,19,27H,15-18,20-21H2,1-2H3,(H,32,35)/t27-/m1/s1. The van der Waals surface area contributed by atoms with Crippen LogP contribution in [-0.2, 0) is 16.1 Å². The Balaban J connectivity index is 1.35. The van der Waals surface area contributed by atoms with Crippen molar-refractivity contribution in [3.63, 3.8) is 0 Å². The molecule has 2 aliphatic rings. The molecule has 3 aromatic carbocycles. The molecule has 0 aromatic heterocycles. The van der Waals surface area contributed by atoms with Crippen molar-refractivity contribution in [3.8, 4) is 5.75 Å². The summed E-state index contributed by atoms with van der Waals surface area (Å²) < 4.78 is 11.5. The van der Waals surface area contributed by atoms with Crippen LogP contribution in [0.4, 0.5) is 0 Å². The Hall–Kier alpha value is -4.17. The lowest BCUT2D eigenvalue weighted by atomic mass is 9.95. The molecule has 1 atom stereocenters. The van der Waals surface area contributed by atoms with E-state index in [2.05, 4.69) is 5.32 Å². The van der Waals surface area contributed by atoms with Crippen molar-refractivity contribution in [2.75, 3.05) is 26.8 Å². The van der Waals surface area contributed by atoms with Crippen molar-refractivity contribution < 1.29 is 23.9 Å². The summed E-state index contributed by atoms with van der Waals surface area (Å²) in [7, 11) is 1.58. The number of carbonyl (C=O) groups is 3. The third-order valence-electron chi connectivity index (χ3n) is 7.53. The van der Waals surface area contributed by atoms with E-state index in [1.165, 1.54) is 0 Å². The minimum atomic E-state index is -0.966. The molecule has 3 aromatic rings. The van der Waals surface area contributed by atoms with Gasteiger partial charge in [-0.25, -0.2) is 0 Å². The molecule has 0 unspecified atom stereocenters. The van der Waals surface area contributed by atoms with Crippen LogP contribution in [0.3, 0.4) is 0 Å². The van der Waals surface area contributed by atoms with Crippen molar-refractivity contribution >= 4 is 17.7 Å². The van der Waals surface area contributed by atoms with Gasteiger partial charge in [-0.15, -0.1) is 0 Å². The van der Waals surface area contributed by atoms with Gasteiger partial charge in [0.05, 0.1) is 13.7 Å². The van der Waals surface area contributed by atoms with E-state index < -0.39 is 11.8 Å². The molecule has 8 heteroatoms. The van der Waals surface area contributed by atoms with Crippen molar-refractivity contribution in [3.05, 3.63) is 101 Å². The second-order valence-electron chi connectivity index (χ2n) is 10.0. The summed E-state index contributed by atoms with van der Waals surface area (Å²) in [6.45, 7) is 3.20. The molecule has 2 heterocycles. The second kappa shape index (κ2) is 11.3. The number of nitrogens with zero attached hydrogens (tertiary/aromatic N) is 2. The Kier molecular flexibility index (Phi) is 7.65. The first-order valence-corrected chi connectivity index (χ1v) is 13.2. The van der Waals surface area contributed by atoms with Crippen LogP contribution >= 0.6 is 0 Å². The van der Waals surface area contributed by atoms with Crippen LogP contribution in [0.2, 0.25) is 0 Å². The van der Waals surface area contributed by atoms with Crippen molar-refractivity contribution in [1.82, 2.24) is 15.1 Å². The Morgan fingerprint density at radius 1 is 0.923 bits per heavy atom. The monoisotopic (exact) mass is 527 g/mol. The molecule has 8 nitrogen and oxygen atoms in total. The summed E-state index contributed by atoms with van der Waals surface area (Å²) in [6.07, 6.45) is 0.823. The maximum absolute atomic E-state index is 13.9. The molecule has 0 aliphatic carbocycles. The number of methoxy groups -OCH3 is 1. The highest BCUT2D eigenvalue weighted by atomic mass is 16.5. The predicted octanol–water partition coefficient (Wildman–Crippen LogP) is 3.79.